The summed E-state index contributed by atoms with van der Waals surface area (Å²) in [5.74, 6) is -0.189. The van der Waals surface area contributed by atoms with Gasteiger partial charge in [-0.15, -0.1) is 0 Å². The Morgan fingerprint density at radius 1 is 1.25 bits per heavy atom. The van der Waals surface area contributed by atoms with Crippen LogP contribution in [-0.2, 0) is 10.2 Å². The molecule has 0 bridgehead atoms. The van der Waals surface area contributed by atoms with Gasteiger partial charge in [0, 0.05) is 4.47 Å². The maximum atomic E-state index is 11.4. The molecule has 2 rings (SSSR count). The molecule has 0 heterocycles. The first-order valence-electron chi connectivity index (χ1n) is 5.71. The number of benzene rings is 1. The highest BCUT2D eigenvalue weighted by atomic mass is 79.9. The van der Waals surface area contributed by atoms with Crippen LogP contribution in [0.25, 0.3) is 0 Å². The van der Waals surface area contributed by atoms with Crippen molar-refractivity contribution >= 4 is 21.8 Å². The zero-order chi connectivity index (χ0) is 12.2. The molecule has 1 fully saturated rings. The Morgan fingerprint density at radius 3 is 2.06 bits per heavy atom. The third-order valence-electron chi connectivity index (χ3n) is 3.08. The van der Waals surface area contributed by atoms with Crippen molar-refractivity contribution in [2.45, 2.75) is 38.5 Å². The summed E-state index contributed by atoms with van der Waals surface area (Å²) in [7, 11) is 0. The first-order chi connectivity index (χ1) is 7.65. The topological polar surface area (TPSA) is 43.1 Å². The largest absolute Gasteiger partial charge is 0.369 e. The fraction of sp³-hybridized carbons (Fsp3) is 0.462. The molecule has 1 aliphatic carbocycles. The van der Waals surface area contributed by atoms with Gasteiger partial charge >= 0.3 is 0 Å². The molecular weight excluding hydrogens is 266 g/mol. The lowest BCUT2D eigenvalue weighted by atomic mass is 9.64. The maximum absolute atomic E-state index is 11.4. The molecule has 0 saturated heterocycles. The summed E-state index contributed by atoms with van der Waals surface area (Å²) in [5.41, 5.74) is 6.13. The number of halogens is 1. The molecule has 1 aromatic carbocycles. The monoisotopic (exact) mass is 283 g/mol. The van der Waals surface area contributed by atoms with E-state index < -0.39 is 0 Å². The molecule has 1 saturated carbocycles. The zero-order valence-electron chi connectivity index (χ0n) is 9.79. The quantitative estimate of drug-likeness (QED) is 0.888. The molecule has 16 heavy (non-hydrogen) atoms. The van der Waals surface area contributed by atoms with Crippen LogP contribution in [-0.4, -0.2) is 5.91 Å². The lowest BCUT2D eigenvalue weighted by molar-refractivity contribution is -0.126. The van der Waals surface area contributed by atoms with Crippen LogP contribution in [0.4, 0.5) is 0 Å². The van der Waals surface area contributed by atoms with Gasteiger partial charge in [-0.05, 0) is 30.5 Å². The van der Waals surface area contributed by atoms with Crippen LogP contribution >= 0.6 is 15.9 Å². The SMILES string of the molecule is CC.NC(=O)C1(c2ccc(Br)cc2)CCC1. The van der Waals surface area contributed by atoms with Crippen molar-refractivity contribution in [2.24, 2.45) is 5.73 Å². The second-order valence-electron chi connectivity index (χ2n) is 3.81. The van der Waals surface area contributed by atoms with Gasteiger partial charge in [-0.1, -0.05) is 48.3 Å². The van der Waals surface area contributed by atoms with E-state index in [1.54, 1.807) is 0 Å². The van der Waals surface area contributed by atoms with E-state index in [1.807, 2.05) is 38.1 Å². The van der Waals surface area contributed by atoms with Crippen LogP contribution in [0.5, 0.6) is 0 Å². The lowest BCUT2D eigenvalue weighted by Gasteiger charge is -2.39. The van der Waals surface area contributed by atoms with E-state index in [1.165, 1.54) is 0 Å². The lowest BCUT2D eigenvalue weighted by Crippen LogP contribution is -2.46. The maximum Gasteiger partial charge on any atom is 0.228 e. The van der Waals surface area contributed by atoms with Gasteiger partial charge in [0.25, 0.3) is 0 Å². The number of amides is 1. The average molecular weight is 284 g/mol. The molecule has 88 valence electrons. The summed E-state index contributed by atoms with van der Waals surface area (Å²) < 4.78 is 1.03. The molecule has 0 aliphatic heterocycles. The van der Waals surface area contributed by atoms with Crippen LogP contribution in [0, 0.1) is 0 Å². The number of hydrogen-bond acceptors (Lipinski definition) is 1. The summed E-state index contributed by atoms with van der Waals surface area (Å²) in [6, 6.07) is 7.87. The molecule has 0 unspecified atom stereocenters. The van der Waals surface area contributed by atoms with E-state index in [0.717, 1.165) is 29.3 Å². The van der Waals surface area contributed by atoms with Crippen LogP contribution in [0.1, 0.15) is 38.7 Å². The fourth-order valence-electron chi connectivity index (χ4n) is 1.98. The van der Waals surface area contributed by atoms with Crippen LogP contribution in [0.2, 0.25) is 0 Å². The molecule has 2 N–H and O–H groups in total. The number of carbonyl (C=O) groups excluding carboxylic acids is 1. The molecule has 0 aromatic heterocycles. The van der Waals surface area contributed by atoms with E-state index in [9.17, 15) is 4.79 Å². The Bertz CT molecular complexity index is 355. The predicted molar refractivity (Wildman–Crippen MR) is 70.2 cm³/mol. The van der Waals surface area contributed by atoms with Crippen molar-refractivity contribution in [1.82, 2.24) is 0 Å². The Morgan fingerprint density at radius 2 is 1.75 bits per heavy atom. The third-order valence-corrected chi connectivity index (χ3v) is 3.60. The second-order valence-corrected chi connectivity index (χ2v) is 4.72. The van der Waals surface area contributed by atoms with E-state index in [0.29, 0.717) is 0 Å². The molecule has 0 atom stereocenters. The van der Waals surface area contributed by atoms with Gasteiger partial charge in [-0.2, -0.15) is 0 Å². The summed E-state index contributed by atoms with van der Waals surface area (Å²) in [5, 5.41) is 0. The molecule has 1 amide bonds. The Balaban J connectivity index is 0.000000606. The zero-order valence-corrected chi connectivity index (χ0v) is 11.4. The smallest absolute Gasteiger partial charge is 0.228 e. The molecule has 0 radical (unpaired) electrons. The first kappa shape index (κ1) is 13.2. The number of nitrogens with two attached hydrogens (primary N) is 1. The van der Waals surface area contributed by atoms with Gasteiger partial charge < -0.3 is 5.73 Å². The van der Waals surface area contributed by atoms with Crippen LogP contribution in [0.3, 0.4) is 0 Å². The average Bonchev–Trinajstić information content (AvgIpc) is 2.22. The van der Waals surface area contributed by atoms with E-state index in [4.69, 9.17) is 5.73 Å². The Labute approximate surface area is 105 Å². The summed E-state index contributed by atoms with van der Waals surface area (Å²) in [6.07, 6.45) is 2.88. The molecule has 0 spiro atoms. The summed E-state index contributed by atoms with van der Waals surface area (Å²) in [6.45, 7) is 4.00. The molecule has 1 aromatic rings. The van der Waals surface area contributed by atoms with Crippen molar-refractivity contribution in [2.75, 3.05) is 0 Å². The minimum absolute atomic E-state index is 0.189. The first-order valence-corrected chi connectivity index (χ1v) is 6.50. The van der Waals surface area contributed by atoms with Crippen molar-refractivity contribution in [3.63, 3.8) is 0 Å². The van der Waals surface area contributed by atoms with E-state index in [2.05, 4.69) is 15.9 Å². The van der Waals surface area contributed by atoms with Gasteiger partial charge in [0.1, 0.15) is 0 Å². The van der Waals surface area contributed by atoms with Gasteiger partial charge in [0.05, 0.1) is 5.41 Å². The number of carbonyl (C=O) groups is 1. The van der Waals surface area contributed by atoms with E-state index >= 15 is 0 Å². The van der Waals surface area contributed by atoms with Crippen molar-refractivity contribution in [1.29, 1.82) is 0 Å². The predicted octanol–water partition coefficient (Wildman–Crippen LogP) is 3.38. The molecule has 3 heteroatoms. The highest BCUT2D eigenvalue weighted by molar-refractivity contribution is 9.10. The molecule has 2 nitrogen and oxygen atoms in total. The molecule has 1 aliphatic rings. The van der Waals surface area contributed by atoms with Crippen molar-refractivity contribution in [3.8, 4) is 0 Å². The fourth-order valence-corrected chi connectivity index (χ4v) is 2.24. The minimum Gasteiger partial charge on any atom is -0.369 e. The standard InChI is InChI=1S/C11H12BrNO.C2H6/c12-9-4-2-8(3-5-9)11(10(13)14)6-1-7-11;1-2/h2-5H,1,6-7H2,(H2,13,14);1-2H3. The third kappa shape index (κ3) is 2.29. The van der Waals surface area contributed by atoms with Crippen molar-refractivity contribution in [3.05, 3.63) is 34.3 Å². The normalized spacial score (nSPS) is 16.7. The Kier molecular flexibility index (Phi) is 4.54. The number of rotatable bonds is 2. The highest BCUT2D eigenvalue weighted by Gasteiger charge is 2.43. The Hall–Kier alpha value is -0.830. The van der Waals surface area contributed by atoms with Gasteiger partial charge in [-0.3, -0.25) is 4.79 Å². The van der Waals surface area contributed by atoms with Gasteiger partial charge in [-0.25, -0.2) is 0 Å². The van der Waals surface area contributed by atoms with Crippen molar-refractivity contribution < 1.29 is 4.79 Å². The van der Waals surface area contributed by atoms with Gasteiger partial charge in [0.2, 0.25) is 5.91 Å². The summed E-state index contributed by atoms with van der Waals surface area (Å²) >= 11 is 3.37. The highest BCUT2D eigenvalue weighted by Crippen LogP contribution is 2.43. The minimum atomic E-state index is -0.374. The number of hydrogen-bond donors (Lipinski definition) is 1. The number of primary amides is 1. The van der Waals surface area contributed by atoms with Crippen LogP contribution in [0.15, 0.2) is 28.7 Å². The second kappa shape index (κ2) is 5.48. The van der Waals surface area contributed by atoms with E-state index in [-0.39, 0.29) is 11.3 Å². The van der Waals surface area contributed by atoms with Crippen LogP contribution < -0.4 is 5.73 Å². The summed E-state index contributed by atoms with van der Waals surface area (Å²) in [4.78, 5) is 11.4. The molecular formula is C13H18BrNO. The van der Waals surface area contributed by atoms with Gasteiger partial charge in [0.15, 0.2) is 0 Å².